The van der Waals surface area contributed by atoms with Gasteiger partial charge >= 0.3 is 7.12 Å². The minimum Gasteiger partial charge on any atom is -0.410 e. The summed E-state index contributed by atoms with van der Waals surface area (Å²) in [4.78, 5) is 0. The Hall–Kier alpha value is -0.245. The summed E-state index contributed by atoms with van der Waals surface area (Å²) in [7, 11) is 2.70. The molecule has 0 saturated carbocycles. The molecule has 0 bridgehead atoms. The molecule has 0 saturated heterocycles. The summed E-state index contributed by atoms with van der Waals surface area (Å²) < 4.78 is 9.68. The molecule has 0 rings (SSSR count). The smallest absolute Gasteiger partial charge is 0.410 e. The monoisotopic (exact) mass is 160 g/mol. The molecule has 56 valence electrons. The minimum atomic E-state index is -0.384. The molecule has 0 N–H and O–H groups in total. The van der Waals surface area contributed by atoms with E-state index in [1.54, 1.807) is 5.98 Å². The normalized spacial score (nSPS) is 11.3. The van der Waals surface area contributed by atoms with E-state index in [0.29, 0.717) is 5.03 Å². The van der Waals surface area contributed by atoms with Crippen molar-refractivity contribution in [1.29, 1.82) is 0 Å². The van der Waals surface area contributed by atoms with Crippen molar-refractivity contribution >= 4 is 18.7 Å². The molecule has 0 unspecified atom stereocenters. The second-order valence-electron chi connectivity index (χ2n) is 1.60. The van der Waals surface area contributed by atoms with E-state index in [2.05, 4.69) is 6.58 Å². The summed E-state index contributed by atoms with van der Waals surface area (Å²) in [5.74, 6) is 1.62. The third-order valence-corrected chi connectivity index (χ3v) is 1.24. The molecule has 0 aliphatic heterocycles. The average molecular weight is 160 g/mol. The van der Waals surface area contributed by atoms with Gasteiger partial charge in [0.05, 0.1) is 0 Å². The number of hydrogen-bond donors (Lipinski definition) is 0. The number of rotatable bonds is 4. The third kappa shape index (κ3) is 3.72. The quantitative estimate of drug-likeness (QED) is 0.460. The molecule has 0 heterocycles. The molecule has 0 aromatic carbocycles. The van der Waals surface area contributed by atoms with Gasteiger partial charge < -0.3 is 9.31 Å². The Morgan fingerprint density at radius 3 is 2.30 bits per heavy atom. The van der Waals surface area contributed by atoms with Gasteiger partial charge in [-0.2, -0.15) is 0 Å². The SMILES string of the molecule is C=C/C(Cl)=C/B(OC)OC. The van der Waals surface area contributed by atoms with Crippen molar-refractivity contribution < 1.29 is 9.31 Å². The average Bonchev–Trinajstić information content (AvgIpc) is 1.99. The van der Waals surface area contributed by atoms with Crippen molar-refractivity contribution in [3.05, 3.63) is 23.7 Å². The van der Waals surface area contributed by atoms with Crippen molar-refractivity contribution in [1.82, 2.24) is 0 Å². The van der Waals surface area contributed by atoms with Crippen LogP contribution in [0.2, 0.25) is 0 Å². The molecule has 0 radical (unpaired) electrons. The highest BCUT2D eigenvalue weighted by Crippen LogP contribution is 2.03. The van der Waals surface area contributed by atoms with E-state index in [4.69, 9.17) is 20.9 Å². The lowest BCUT2D eigenvalue weighted by atomic mass is 9.90. The van der Waals surface area contributed by atoms with E-state index in [1.165, 1.54) is 20.3 Å². The topological polar surface area (TPSA) is 18.5 Å². The van der Waals surface area contributed by atoms with Crippen molar-refractivity contribution in [2.45, 2.75) is 0 Å². The zero-order valence-electron chi connectivity index (χ0n) is 6.13. The van der Waals surface area contributed by atoms with Gasteiger partial charge in [0.1, 0.15) is 0 Å². The Balaban J connectivity index is 3.92. The first-order valence-corrected chi connectivity index (χ1v) is 3.17. The molecule has 0 amide bonds. The maximum Gasteiger partial charge on any atom is 0.487 e. The van der Waals surface area contributed by atoms with Gasteiger partial charge in [0, 0.05) is 19.3 Å². The lowest BCUT2D eigenvalue weighted by Gasteiger charge is -2.01. The van der Waals surface area contributed by atoms with Crippen LogP contribution in [0.1, 0.15) is 0 Å². The van der Waals surface area contributed by atoms with Gasteiger partial charge in [0.2, 0.25) is 0 Å². The molecule has 0 spiro atoms. The summed E-state index contributed by atoms with van der Waals surface area (Å²) in [5.41, 5.74) is 0. The highest BCUT2D eigenvalue weighted by molar-refractivity contribution is 6.53. The van der Waals surface area contributed by atoms with Crippen LogP contribution in [0.3, 0.4) is 0 Å². The lowest BCUT2D eigenvalue weighted by Crippen LogP contribution is -2.16. The molecule has 0 aliphatic rings. The Bertz CT molecular complexity index is 132. The maximum atomic E-state index is 5.60. The zero-order valence-corrected chi connectivity index (χ0v) is 6.89. The van der Waals surface area contributed by atoms with Crippen molar-refractivity contribution in [2.24, 2.45) is 0 Å². The number of allylic oxidation sites excluding steroid dienone is 2. The Kier molecular flexibility index (Phi) is 5.40. The predicted octanol–water partition coefficient (Wildman–Crippen LogP) is 1.62. The van der Waals surface area contributed by atoms with Gasteiger partial charge in [0.25, 0.3) is 0 Å². The van der Waals surface area contributed by atoms with Crippen LogP contribution in [0.15, 0.2) is 23.7 Å². The van der Waals surface area contributed by atoms with Crippen LogP contribution in [-0.2, 0) is 9.31 Å². The Morgan fingerprint density at radius 1 is 1.50 bits per heavy atom. The van der Waals surface area contributed by atoms with Gasteiger partial charge in [-0.05, 0) is 5.98 Å². The summed E-state index contributed by atoms with van der Waals surface area (Å²) in [6.45, 7) is 3.47. The molecule has 0 aromatic heterocycles. The van der Waals surface area contributed by atoms with E-state index >= 15 is 0 Å². The van der Waals surface area contributed by atoms with Crippen molar-refractivity contribution in [3.63, 3.8) is 0 Å². The van der Waals surface area contributed by atoms with Crippen LogP contribution in [0.25, 0.3) is 0 Å². The van der Waals surface area contributed by atoms with E-state index < -0.39 is 0 Å². The zero-order chi connectivity index (χ0) is 7.98. The molecule has 4 heteroatoms. The number of hydrogen-bond acceptors (Lipinski definition) is 2. The Morgan fingerprint density at radius 2 is 2.00 bits per heavy atom. The van der Waals surface area contributed by atoms with E-state index in [9.17, 15) is 0 Å². The van der Waals surface area contributed by atoms with E-state index in [-0.39, 0.29) is 7.12 Å². The highest BCUT2D eigenvalue weighted by Gasteiger charge is 2.09. The largest absolute Gasteiger partial charge is 0.487 e. The van der Waals surface area contributed by atoms with Gasteiger partial charge in [-0.25, -0.2) is 0 Å². The van der Waals surface area contributed by atoms with Crippen LogP contribution in [0.4, 0.5) is 0 Å². The van der Waals surface area contributed by atoms with Crippen LogP contribution < -0.4 is 0 Å². The Labute approximate surface area is 66.6 Å². The summed E-state index contributed by atoms with van der Waals surface area (Å²) in [6.07, 6.45) is 1.52. The molecular formula is C6H10BClO2. The van der Waals surface area contributed by atoms with Gasteiger partial charge in [-0.1, -0.05) is 24.3 Å². The van der Waals surface area contributed by atoms with Crippen molar-refractivity contribution in [2.75, 3.05) is 14.2 Å². The van der Waals surface area contributed by atoms with Gasteiger partial charge in [0.15, 0.2) is 0 Å². The lowest BCUT2D eigenvalue weighted by molar-refractivity contribution is 0.290. The van der Waals surface area contributed by atoms with E-state index in [0.717, 1.165) is 0 Å². The first-order valence-electron chi connectivity index (χ1n) is 2.80. The molecule has 0 atom stereocenters. The fraction of sp³-hybridized carbons (Fsp3) is 0.333. The minimum absolute atomic E-state index is 0.384. The van der Waals surface area contributed by atoms with Crippen LogP contribution >= 0.6 is 11.6 Å². The number of halogens is 1. The summed E-state index contributed by atoms with van der Waals surface area (Å²) >= 11 is 5.60. The molecule has 0 aromatic rings. The maximum absolute atomic E-state index is 5.60. The molecule has 2 nitrogen and oxygen atoms in total. The summed E-state index contributed by atoms with van der Waals surface area (Å²) in [5, 5.41) is 0.522. The molecular weight excluding hydrogens is 150 g/mol. The van der Waals surface area contributed by atoms with E-state index in [1.807, 2.05) is 0 Å². The highest BCUT2D eigenvalue weighted by atomic mass is 35.5. The van der Waals surface area contributed by atoms with Crippen LogP contribution in [0.5, 0.6) is 0 Å². The molecule has 0 aliphatic carbocycles. The molecule has 0 fully saturated rings. The van der Waals surface area contributed by atoms with Gasteiger partial charge in [-0.15, -0.1) is 0 Å². The second kappa shape index (κ2) is 5.53. The second-order valence-corrected chi connectivity index (χ2v) is 2.03. The van der Waals surface area contributed by atoms with Gasteiger partial charge in [-0.3, -0.25) is 0 Å². The third-order valence-electron chi connectivity index (χ3n) is 0.955. The summed E-state index contributed by atoms with van der Waals surface area (Å²) in [6, 6.07) is 0. The standard InChI is InChI=1S/C6H10BClO2/c1-4-6(8)5-7(9-2)10-3/h4-5H,1H2,2-3H3/b6-5-. The first-order chi connectivity index (χ1) is 4.74. The predicted molar refractivity (Wildman–Crippen MR) is 43.9 cm³/mol. The fourth-order valence-electron chi connectivity index (χ4n) is 0.430. The first kappa shape index (κ1) is 9.75. The van der Waals surface area contributed by atoms with Crippen LogP contribution in [-0.4, -0.2) is 21.3 Å². The van der Waals surface area contributed by atoms with Crippen molar-refractivity contribution in [3.8, 4) is 0 Å². The molecule has 10 heavy (non-hydrogen) atoms. The fourth-order valence-corrected chi connectivity index (χ4v) is 0.533. The van der Waals surface area contributed by atoms with Crippen LogP contribution in [0, 0.1) is 0 Å².